The maximum absolute atomic E-state index is 5.88. The molecule has 0 saturated heterocycles. The lowest BCUT2D eigenvalue weighted by Gasteiger charge is -1.99. The smallest absolute Gasteiger partial charge is 0.174 e. The number of hydrogen-bond donors (Lipinski definition) is 2. The molecule has 2 heterocycles. The fourth-order valence-electron chi connectivity index (χ4n) is 1.81. The molecule has 0 aliphatic heterocycles. The van der Waals surface area contributed by atoms with Gasteiger partial charge in [-0.15, -0.1) is 0 Å². The Balaban J connectivity index is 2.33. The van der Waals surface area contributed by atoms with Crippen molar-refractivity contribution in [2.45, 2.75) is 0 Å². The molecule has 6 heteroatoms. The van der Waals surface area contributed by atoms with Crippen LogP contribution in [0.1, 0.15) is 0 Å². The number of aromatic nitrogens is 3. The topological polar surface area (TPSA) is 82.2 Å². The maximum atomic E-state index is 5.88. The van der Waals surface area contributed by atoms with Gasteiger partial charge in [0.25, 0.3) is 0 Å². The second kappa shape index (κ2) is 3.99. The lowest BCUT2D eigenvalue weighted by Crippen LogP contribution is -2.02. The summed E-state index contributed by atoms with van der Waals surface area (Å²) in [5, 5.41) is 4.45. The fraction of sp³-hybridized carbons (Fsp3) is 0. The zero-order valence-corrected chi connectivity index (χ0v) is 10.9. The lowest BCUT2D eigenvalue weighted by molar-refractivity contribution is 0.958. The summed E-state index contributed by atoms with van der Waals surface area (Å²) in [6.45, 7) is 0. The van der Waals surface area contributed by atoms with Crippen LogP contribution in [0, 0.1) is 0 Å². The van der Waals surface area contributed by atoms with Crippen molar-refractivity contribution in [1.82, 2.24) is 14.6 Å². The number of rotatable bonds is 1. The Morgan fingerprint density at radius 3 is 2.56 bits per heavy atom. The quantitative estimate of drug-likeness (QED) is 0.723. The summed E-state index contributed by atoms with van der Waals surface area (Å²) in [6, 6.07) is 11.4. The highest BCUT2D eigenvalue weighted by Crippen LogP contribution is 2.31. The van der Waals surface area contributed by atoms with Gasteiger partial charge in [0.05, 0.1) is 4.47 Å². The van der Waals surface area contributed by atoms with Crippen molar-refractivity contribution >= 4 is 33.2 Å². The highest BCUT2D eigenvalue weighted by atomic mass is 79.9. The molecular weight excluding hydrogens is 294 g/mol. The molecule has 0 spiro atoms. The second-order valence-corrected chi connectivity index (χ2v) is 4.66. The van der Waals surface area contributed by atoms with E-state index in [9.17, 15) is 0 Å². The molecule has 4 N–H and O–H groups in total. The van der Waals surface area contributed by atoms with Gasteiger partial charge in [0.1, 0.15) is 17.3 Å². The van der Waals surface area contributed by atoms with Crippen LogP contribution in [0.4, 0.5) is 11.6 Å². The average molecular weight is 304 g/mol. The highest BCUT2D eigenvalue weighted by Gasteiger charge is 2.15. The molecule has 0 bridgehead atoms. The zero-order chi connectivity index (χ0) is 12.7. The molecule has 3 aromatic rings. The first kappa shape index (κ1) is 11.0. The summed E-state index contributed by atoms with van der Waals surface area (Å²) in [7, 11) is 0. The molecule has 0 atom stereocenters. The summed E-state index contributed by atoms with van der Waals surface area (Å²) >= 11 is 3.50. The van der Waals surface area contributed by atoms with Gasteiger partial charge < -0.3 is 11.5 Å². The van der Waals surface area contributed by atoms with Gasteiger partial charge in [-0.25, -0.2) is 4.98 Å². The molecule has 18 heavy (non-hydrogen) atoms. The molecule has 0 saturated carbocycles. The van der Waals surface area contributed by atoms with Crippen LogP contribution >= 0.6 is 15.9 Å². The minimum Gasteiger partial charge on any atom is -0.384 e. The number of fused-ring (bicyclic) bond motifs is 1. The van der Waals surface area contributed by atoms with Crippen molar-refractivity contribution in [1.29, 1.82) is 0 Å². The predicted octanol–water partition coefficient (Wildman–Crippen LogP) is 2.32. The third kappa shape index (κ3) is 1.62. The summed E-state index contributed by atoms with van der Waals surface area (Å²) in [4.78, 5) is 4.23. The largest absolute Gasteiger partial charge is 0.384 e. The van der Waals surface area contributed by atoms with Crippen LogP contribution in [0.5, 0.6) is 0 Å². The van der Waals surface area contributed by atoms with Crippen molar-refractivity contribution in [3.8, 4) is 11.3 Å². The number of nitrogen functional groups attached to an aromatic ring is 2. The van der Waals surface area contributed by atoms with Crippen molar-refractivity contribution in [2.75, 3.05) is 11.5 Å². The minimum atomic E-state index is 0.375. The van der Waals surface area contributed by atoms with Crippen LogP contribution in [0.2, 0.25) is 0 Å². The molecule has 0 aliphatic rings. The van der Waals surface area contributed by atoms with Gasteiger partial charge in [-0.2, -0.15) is 9.61 Å². The van der Waals surface area contributed by atoms with Crippen LogP contribution < -0.4 is 11.5 Å². The van der Waals surface area contributed by atoms with E-state index < -0.39 is 0 Å². The lowest BCUT2D eigenvalue weighted by atomic mass is 10.2. The summed E-state index contributed by atoms with van der Waals surface area (Å²) < 4.78 is 2.36. The van der Waals surface area contributed by atoms with Crippen LogP contribution in [0.3, 0.4) is 0 Å². The molecule has 1 aromatic carbocycles. The van der Waals surface area contributed by atoms with E-state index in [4.69, 9.17) is 11.5 Å². The number of anilines is 2. The monoisotopic (exact) mass is 303 g/mol. The van der Waals surface area contributed by atoms with Crippen molar-refractivity contribution in [2.24, 2.45) is 0 Å². The van der Waals surface area contributed by atoms with Gasteiger partial charge >= 0.3 is 0 Å². The molecule has 0 unspecified atom stereocenters. The van der Waals surface area contributed by atoms with Crippen LogP contribution in [-0.2, 0) is 0 Å². The summed E-state index contributed by atoms with van der Waals surface area (Å²) in [5.41, 5.74) is 14.0. The van der Waals surface area contributed by atoms with E-state index in [0.29, 0.717) is 17.3 Å². The predicted molar refractivity (Wildman–Crippen MR) is 74.9 cm³/mol. The van der Waals surface area contributed by atoms with E-state index in [1.807, 2.05) is 30.3 Å². The third-order valence-corrected chi connectivity index (χ3v) is 3.36. The first-order chi connectivity index (χ1) is 8.66. The van der Waals surface area contributed by atoms with Crippen LogP contribution in [0.25, 0.3) is 16.9 Å². The van der Waals surface area contributed by atoms with Gasteiger partial charge in [-0.3, -0.25) is 0 Å². The van der Waals surface area contributed by atoms with Gasteiger partial charge in [-0.1, -0.05) is 30.3 Å². The molecule has 90 valence electrons. The van der Waals surface area contributed by atoms with Crippen LogP contribution in [-0.4, -0.2) is 14.6 Å². The Hall–Kier alpha value is -2.08. The van der Waals surface area contributed by atoms with E-state index in [1.54, 1.807) is 10.6 Å². The van der Waals surface area contributed by atoms with E-state index in [0.717, 1.165) is 15.7 Å². The van der Waals surface area contributed by atoms with E-state index in [1.165, 1.54) is 0 Å². The van der Waals surface area contributed by atoms with Gasteiger partial charge in [0.2, 0.25) is 0 Å². The van der Waals surface area contributed by atoms with E-state index in [2.05, 4.69) is 26.0 Å². The summed E-state index contributed by atoms with van der Waals surface area (Å²) in [6.07, 6.45) is 0. The van der Waals surface area contributed by atoms with Crippen molar-refractivity contribution in [3.63, 3.8) is 0 Å². The Morgan fingerprint density at radius 2 is 1.83 bits per heavy atom. The molecule has 5 nitrogen and oxygen atoms in total. The number of nitrogens with two attached hydrogens (primary N) is 2. The minimum absolute atomic E-state index is 0.375. The Bertz CT molecular complexity index is 720. The molecule has 3 rings (SSSR count). The Labute approximate surface area is 112 Å². The number of halogens is 1. The molecule has 0 amide bonds. The fourth-order valence-corrected chi connectivity index (χ4v) is 2.38. The summed E-state index contributed by atoms with van der Waals surface area (Å²) in [5.74, 6) is 0.834. The van der Waals surface area contributed by atoms with E-state index in [-0.39, 0.29) is 0 Å². The molecule has 2 aromatic heterocycles. The SMILES string of the molecule is Nc1cc(N)n2nc(-c3ccccc3)c(Br)c2n1. The van der Waals surface area contributed by atoms with Gasteiger partial charge in [-0.05, 0) is 15.9 Å². The molecule has 0 fully saturated rings. The standard InChI is InChI=1S/C12H10BrN5/c13-10-11(7-4-2-1-3-5-7)17-18-9(15)6-8(14)16-12(10)18/h1-6H,15H2,(H2,14,16). The average Bonchev–Trinajstić information content (AvgIpc) is 2.69. The number of benzene rings is 1. The molecule has 0 aliphatic carbocycles. The van der Waals surface area contributed by atoms with Gasteiger partial charge in [0, 0.05) is 11.6 Å². The normalized spacial score (nSPS) is 10.9. The van der Waals surface area contributed by atoms with Crippen molar-refractivity contribution in [3.05, 3.63) is 40.9 Å². The number of nitrogens with zero attached hydrogens (tertiary/aromatic N) is 3. The zero-order valence-electron chi connectivity index (χ0n) is 9.34. The first-order valence-electron chi connectivity index (χ1n) is 5.32. The number of hydrogen-bond acceptors (Lipinski definition) is 4. The second-order valence-electron chi connectivity index (χ2n) is 3.87. The Morgan fingerprint density at radius 1 is 1.11 bits per heavy atom. The van der Waals surface area contributed by atoms with Crippen LogP contribution in [0.15, 0.2) is 40.9 Å². The Kier molecular flexibility index (Phi) is 2.45. The molecule has 0 radical (unpaired) electrons. The first-order valence-corrected chi connectivity index (χ1v) is 6.12. The van der Waals surface area contributed by atoms with E-state index >= 15 is 0 Å². The maximum Gasteiger partial charge on any atom is 0.174 e. The molecular formula is C12H10BrN5. The third-order valence-electron chi connectivity index (χ3n) is 2.63. The van der Waals surface area contributed by atoms with Crippen molar-refractivity contribution < 1.29 is 0 Å². The van der Waals surface area contributed by atoms with Gasteiger partial charge in [0.15, 0.2) is 5.65 Å². The highest BCUT2D eigenvalue weighted by molar-refractivity contribution is 9.10.